The van der Waals surface area contributed by atoms with Gasteiger partial charge in [0.15, 0.2) is 11.6 Å². The number of rotatable bonds is 2. The van der Waals surface area contributed by atoms with Crippen LogP contribution < -0.4 is 0 Å². The molecule has 0 aromatic heterocycles. The fourth-order valence-corrected chi connectivity index (χ4v) is 0.783. The number of hydrogen-bond acceptors (Lipinski definition) is 2. The van der Waals surface area contributed by atoms with Crippen molar-refractivity contribution >= 4 is 11.6 Å². The Kier molecular flexibility index (Phi) is 6.29. The molecule has 0 aliphatic heterocycles. The van der Waals surface area contributed by atoms with Crippen molar-refractivity contribution in [2.75, 3.05) is 0 Å². The molecule has 0 radical (unpaired) electrons. The summed E-state index contributed by atoms with van der Waals surface area (Å²) in [4.78, 5) is 20.2. The molecule has 0 amide bonds. The highest BCUT2D eigenvalue weighted by Crippen LogP contribution is 1.92. The van der Waals surface area contributed by atoms with Gasteiger partial charge >= 0.3 is 0 Å². The Morgan fingerprint density at radius 1 is 1.14 bits per heavy atom. The number of benzene rings is 1. The largest absolute Gasteiger partial charge is 0.291 e. The standard InChI is InChI=1S/C7H8.C5H8O2/c1-7-5-3-2-4-6-7;1-3-5(7)4(2)6/h2-6H,1H3;3H2,1-2H3. The van der Waals surface area contributed by atoms with Crippen molar-refractivity contribution in [2.24, 2.45) is 0 Å². The topological polar surface area (TPSA) is 34.1 Å². The Morgan fingerprint density at radius 3 is 1.79 bits per heavy atom. The third-order valence-corrected chi connectivity index (χ3v) is 1.65. The lowest BCUT2D eigenvalue weighted by Crippen LogP contribution is -2.06. The predicted molar refractivity (Wildman–Crippen MR) is 57.2 cm³/mol. The first-order chi connectivity index (χ1) is 6.57. The van der Waals surface area contributed by atoms with Gasteiger partial charge in [0.25, 0.3) is 0 Å². The fraction of sp³-hybridized carbons (Fsp3) is 0.333. The molecule has 1 aromatic carbocycles. The van der Waals surface area contributed by atoms with E-state index in [9.17, 15) is 9.59 Å². The lowest BCUT2D eigenvalue weighted by atomic mass is 10.2. The van der Waals surface area contributed by atoms with Gasteiger partial charge in [-0.3, -0.25) is 9.59 Å². The van der Waals surface area contributed by atoms with E-state index in [0.717, 1.165) is 0 Å². The first-order valence-corrected chi connectivity index (χ1v) is 4.63. The normalized spacial score (nSPS) is 8.50. The van der Waals surface area contributed by atoms with Gasteiger partial charge in [-0.15, -0.1) is 0 Å². The van der Waals surface area contributed by atoms with Crippen molar-refractivity contribution in [1.82, 2.24) is 0 Å². The summed E-state index contributed by atoms with van der Waals surface area (Å²) in [6, 6.07) is 10.3. The van der Waals surface area contributed by atoms with Gasteiger partial charge in [-0.1, -0.05) is 42.8 Å². The smallest absolute Gasteiger partial charge is 0.197 e. The van der Waals surface area contributed by atoms with Crippen molar-refractivity contribution in [1.29, 1.82) is 0 Å². The lowest BCUT2D eigenvalue weighted by molar-refractivity contribution is -0.135. The van der Waals surface area contributed by atoms with Crippen LogP contribution in [0.1, 0.15) is 25.8 Å². The summed E-state index contributed by atoms with van der Waals surface area (Å²) in [5.41, 5.74) is 1.32. The minimum atomic E-state index is -0.345. The summed E-state index contributed by atoms with van der Waals surface area (Å²) in [6.07, 6.45) is 0.329. The van der Waals surface area contributed by atoms with Gasteiger partial charge in [0.05, 0.1) is 0 Å². The van der Waals surface area contributed by atoms with E-state index in [0.29, 0.717) is 6.42 Å². The van der Waals surface area contributed by atoms with Crippen LogP contribution in [-0.2, 0) is 9.59 Å². The first kappa shape index (κ1) is 12.6. The van der Waals surface area contributed by atoms with Gasteiger partial charge < -0.3 is 0 Å². The van der Waals surface area contributed by atoms with Crippen LogP contribution in [-0.4, -0.2) is 11.6 Å². The second-order valence-electron chi connectivity index (χ2n) is 2.99. The van der Waals surface area contributed by atoms with E-state index in [1.807, 2.05) is 18.2 Å². The van der Waals surface area contributed by atoms with E-state index in [4.69, 9.17) is 0 Å². The van der Waals surface area contributed by atoms with Crippen LogP contribution in [0.25, 0.3) is 0 Å². The van der Waals surface area contributed by atoms with Crippen molar-refractivity contribution in [3.8, 4) is 0 Å². The van der Waals surface area contributed by atoms with Crippen molar-refractivity contribution in [3.63, 3.8) is 0 Å². The van der Waals surface area contributed by atoms with E-state index < -0.39 is 0 Å². The summed E-state index contributed by atoms with van der Waals surface area (Å²) in [6.45, 7) is 5.04. The molecule has 0 unspecified atom stereocenters. The Balaban J connectivity index is 0.000000241. The summed E-state index contributed by atoms with van der Waals surface area (Å²) in [5.74, 6) is -0.637. The van der Waals surface area contributed by atoms with Gasteiger partial charge in [-0.2, -0.15) is 0 Å². The molecular formula is C12H16O2. The molecular weight excluding hydrogens is 176 g/mol. The zero-order valence-corrected chi connectivity index (χ0v) is 8.91. The Hall–Kier alpha value is -1.44. The minimum Gasteiger partial charge on any atom is -0.291 e. The van der Waals surface area contributed by atoms with Crippen LogP contribution in [0.3, 0.4) is 0 Å². The average molecular weight is 192 g/mol. The maximum atomic E-state index is 10.2. The number of Topliss-reactive ketones (excluding diaryl/α,β-unsaturated/α-hetero) is 2. The quantitative estimate of drug-likeness (QED) is 0.675. The van der Waals surface area contributed by atoms with Crippen LogP contribution in [0.4, 0.5) is 0 Å². The first-order valence-electron chi connectivity index (χ1n) is 4.63. The second-order valence-corrected chi connectivity index (χ2v) is 2.99. The molecule has 2 nitrogen and oxygen atoms in total. The van der Waals surface area contributed by atoms with Crippen molar-refractivity contribution < 1.29 is 9.59 Å². The molecule has 14 heavy (non-hydrogen) atoms. The van der Waals surface area contributed by atoms with Gasteiger partial charge in [-0.05, 0) is 6.92 Å². The highest BCUT2D eigenvalue weighted by molar-refractivity contribution is 6.36. The van der Waals surface area contributed by atoms with E-state index in [1.54, 1.807) is 6.92 Å². The molecule has 1 aromatic rings. The SMILES string of the molecule is CCC(=O)C(C)=O.Cc1ccccc1. The maximum absolute atomic E-state index is 10.2. The fourth-order valence-electron chi connectivity index (χ4n) is 0.783. The number of carbonyl (C=O) groups excluding carboxylic acids is 2. The Morgan fingerprint density at radius 2 is 1.64 bits per heavy atom. The van der Waals surface area contributed by atoms with Gasteiger partial charge in [0.1, 0.15) is 0 Å². The minimum absolute atomic E-state index is 0.292. The zero-order chi connectivity index (χ0) is 11.0. The third-order valence-electron chi connectivity index (χ3n) is 1.65. The number of hydrogen-bond donors (Lipinski definition) is 0. The molecule has 0 heterocycles. The monoisotopic (exact) mass is 192 g/mol. The number of carbonyl (C=O) groups is 2. The van der Waals surface area contributed by atoms with Gasteiger partial charge in [0, 0.05) is 13.3 Å². The Labute approximate surface area is 84.9 Å². The highest BCUT2D eigenvalue weighted by atomic mass is 16.2. The molecule has 1 rings (SSSR count). The van der Waals surface area contributed by atoms with Crippen molar-refractivity contribution in [3.05, 3.63) is 35.9 Å². The summed E-state index contributed by atoms with van der Waals surface area (Å²) < 4.78 is 0. The average Bonchev–Trinajstić information content (AvgIpc) is 2.18. The van der Waals surface area contributed by atoms with Crippen LogP contribution in [0, 0.1) is 6.92 Å². The van der Waals surface area contributed by atoms with E-state index >= 15 is 0 Å². The molecule has 0 aliphatic rings. The maximum Gasteiger partial charge on any atom is 0.197 e. The molecule has 0 aliphatic carbocycles. The van der Waals surface area contributed by atoms with Crippen LogP contribution in [0.5, 0.6) is 0 Å². The predicted octanol–water partition coefficient (Wildman–Crippen LogP) is 2.55. The second kappa shape index (κ2) is 7.01. The molecule has 0 saturated carbocycles. The Bertz CT molecular complexity index is 288. The summed E-state index contributed by atoms with van der Waals surface area (Å²) in [5, 5.41) is 0. The highest BCUT2D eigenvalue weighted by Gasteiger charge is 2.00. The molecule has 76 valence electrons. The van der Waals surface area contributed by atoms with Gasteiger partial charge in [-0.25, -0.2) is 0 Å². The molecule has 2 heteroatoms. The van der Waals surface area contributed by atoms with E-state index in [-0.39, 0.29) is 11.6 Å². The molecule has 0 saturated heterocycles. The zero-order valence-electron chi connectivity index (χ0n) is 8.91. The lowest BCUT2D eigenvalue weighted by Gasteiger charge is -1.82. The van der Waals surface area contributed by atoms with Crippen LogP contribution in [0.2, 0.25) is 0 Å². The molecule has 0 bridgehead atoms. The van der Waals surface area contributed by atoms with E-state index in [2.05, 4.69) is 19.1 Å². The molecule has 0 atom stereocenters. The molecule has 0 spiro atoms. The van der Waals surface area contributed by atoms with Crippen molar-refractivity contribution in [2.45, 2.75) is 27.2 Å². The number of aryl methyl sites for hydroxylation is 1. The molecule has 0 N–H and O–H groups in total. The van der Waals surface area contributed by atoms with Crippen LogP contribution in [0.15, 0.2) is 30.3 Å². The molecule has 0 fully saturated rings. The summed E-state index contributed by atoms with van der Waals surface area (Å²) >= 11 is 0. The van der Waals surface area contributed by atoms with Gasteiger partial charge in [0.2, 0.25) is 0 Å². The third kappa shape index (κ3) is 6.12. The van der Waals surface area contributed by atoms with Crippen LogP contribution >= 0.6 is 0 Å². The van der Waals surface area contributed by atoms with E-state index in [1.165, 1.54) is 12.5 Å². The summed E-state index contributed by atoms with van der Waals surface area (Å²) in [7, 11) is 0. The number of ketones is 2.